The van der Waals surface area contributed by atoms with Crippen molar-refractivity contribution in [3.05, 3.63) is 30.3 Å². The number of hydrogen-bond acceptors (Lipinski definition) is 3. The quantitative estimate of drug-likeness (QED) is 0.370. The van der Waals surface area contributed by atoms with E-state index in [0.717, 1.165) is 4.90 Å². The van der Waals surface area contributed by atoms with Gasteiger partial charge in [0.05, 0.1) is 10.8 Å². The molecule has 1 aromatic carbocycles. The lowest BCUT2D eigenvalue weighted by Gasteiger charge is -2.39. The van der Waals surface area contributed by atoms with Crippen LogP contribution in [0.15, 0.2) is 40.2 Å². The zero-order valence-corrected chi connectivity index (χ0v) is 18.6. The average molecular weight is 518 g/mol. The van der Waals surface area contributed by atoms with Crippen LogP contribution in [0.2, 0.25) is 0 Å². The van der Waals surface area contributed by atoms with Gasteiger partial charge in [-0.25, -0.2) is 0 Å². The summed E-state index contributed by atoms with van der Waals surface area (Å²) in [5, 5.41) is 3.16. The molecule has 1 N–H and O–H groups in total. The van der Waals surface area contributed by atoms with Gasteiger partial charge in [-0.2, -0.15) is 13.2 Å². The fourth-order valence-corrected chi connectivity index (χ4v) is 3.79. The molecule has 5 nitrogen and oxygen atoms in total. The van der Waals surface area contributed by atoms with Crippen LogP contribution in [0.5, 0.6) is 0 Å². The number of guanidine groups is 1. The molecule has 1 aliphatic rings. The number of piperazine rings is 1. The highest BCUT2D eigenvalue weighted by Gasteiger charge is 2.41. The number of rotatable bonds is 5. The molecule has 2 atom stereocenters. The van der Waals surface area contributed by atoms with Gasteiger partial charge < -0.3 is 10.2 Å². The summed E-state index contributed by atoms with van der Waals surface area (Å²) in [5.41, 5.74) is 0. The third-order valence-electron chi connectivity index (χ3n) is 4.42. The SMILES string of the molecule is CN=C(NCCS(=O)c1ccccc1)N1CCN(C(C)C(F)(F)F)CC1.I. The number of hydrogen-bond donors (Lipinski definition) is 1. The van der Waals surface area contributed by atoms with Gasteiger partial charge in [-0.15, -0.1) is 24.0 Å². The maximum absolute atomic E-state index is 12.8. The maximum Gasteiger partial charge on any atom is 0.403 e. The molecule has 1 fully saturated rings. The molecule has 1 heterocycles. The minimum absolute atomic E-state index is 0. The monoisotopic (exact) mass is 518 g/mol. The van der Waals surface area contributed by atoms with E-state index in [-0.39, 0.29) is 24.0 Å². The van der Waals surface area contributed by atoms with Crippen LogP contribution < -0.4 is 5.32 Å². The standard InChI is InChI=1S/C17H25F3N4OS.HI/c1-14(17(18,19)20)23-9-11-24(12-10-23)16(21-2)22-8-13-26(25)15-6-4-3-5-7-15;/h3-7,14H,8-13H2,1-2H3,(H,21,22);1H. The minimum Gasteiger partial charge on any atom is -0.355 e. The van der Waals surface area contributed by atoms with Crippen molar-refractivity contribution in [2.75, 3.05) is 45.5 Å². The molecule has 1 aliphatic heterocycles. The van der Waals surface area contributed by atoms with Crippen molar-refractivity contribution >= 4 is 40.7 Å². The van der Waals surface area contributed by atoms with E-state index in [2.05, 4.69) is 10.3 Å². The van der Waals surface area contributed by atoms with E-state index in [9.17, 15) is 17.4 Å². The zero-order valence-electron chi connectivity index (χ0n) is 15.4. The average Bonchev–Trinajstić information content (AvgIpc) is 2.64. The summed E-state index contributed by atoms with van der Waals surface area (Å²) in [5.74, 6) is 1.07. The summed E-state index contributed by atoms with van der Waals surface area (Å²) in [6, 6.07) is 7.79. The first-order chi connectivity index (χ1) is 12.3. The van der Waals surface area contributed by atoms with Gasteiger partial charge in [-0.1, -0.05) is 18.2 Å². The Bertz CT molecular complexity index is 622. The molecule has 10 heteroatoms. The van der Waals surface area contributed by atoms with Crippen LogP contribution in [-0.2, 0) is 10.8 Å². The number of aliphatic imine (C=N–C) groups is 1. The van der Waals surface area contributed by atoms with Gasteiger partial charge in [0.2, 0.25) is 0 Å². The number of nitrogens with zero attached hydrogens (tertiary/aromatic N) is 3. The van der Waals surface area contributed by atoms with Crippen molar-refractivity contribution in [1.82, 2.24) is 15.1 Å². The van der Waals surface area contributed by atoms with Crippen LogP contribution in [0.3, 0.4) is 0 Å². The molecular formula is C17H26F3IN4OS. The number of halogens is 4. The first-order valence-electron chi connectivity index (χ1n) is 8.52. The normalized spacial score (nSPS) is 18.6. The molecule has 2 rings (SSSR count). The molecule has 2 unspecified atom stereocenters. The summed E-state index contributed by atoms with van der Waals surface area (Å²) in [7, 11) is 0.542. The van der Waals surface area contributed by atoms with E-state index < -0.39 is 23.0 Å². The van der Waals surface area contributed by atoms with Gasteiger partial charge >= 0.3 is 6.18 Å². The van der Waals surface area contributed by atoms with Crippen LogP contribution >= 0.6 is 24.0 Å². The largest absolute Gasteiger partial charge is 0.403 e. The van der Waals surface area contributed by atoms with Gasteiger partial charge in [0.1, 0.15) is 6.04 Å². The van der Waals surface area contributed by atoms with Crippen LogP contribution in [0.1, 0.15) is 6.92 Å². The predicted molar refractivity (Wildman–Crippen MR) is 113 cm³/mol. The van der Waals surface area contributed by atoms with E-state index in [1.165, 1.54) is 11.8 Å². The molecular weight excluding hydrogens is 492 g/mol. The van der Waals surface area contributed by atoms with E-state index >= 15 is 0 Å². The fourth-order valence-electron chi connectivity index (χ4n) is 2.81. The molecule has 154 valence electrons. The third kappa shape index (κ3) is 7.22. The van der Waals surface area contributed by atoms with Crippen molar-refractivity contribution in [2.45, 2.75) is 24.0 Å². The second-order valence-electron chi connectivity index (χ2n) is 6.08. The molecule has 0 aliphatic carbocycles. The van der Waals surface area contributed by atoms with Crippen LogP contribution in [0, 0.1) is 0 Å². The van der Waals surface area contributed by atoms with Crippen molar-refractivity contribution in [1.29, 1.82) is 0 Å². The Kier molecular flexibility index (Phi) is 10.0. The highest BCUT2D eigenvalue weighted by Crippen LogP contribution is 2.25. The molecule has 1 aromatic rings. The summed E-state index contributed by atoms with van der Waals surface area (Å²) in [4.78, 5) is 8.34. The van der Waals surface area contributed by atoms with Crippen molar-refractivity contribution in [3.8, 4) is 0 Å². The van der Waals surface area contributed by atoms with Crippen LogP contribution in [-0.4, -0.2) is 77.7 Å². The number of alkyl halides is 3. The predicted octanol–water partition coefficient (Wildman–Crippen LogP) is 2.56. The fraction of sp³-hybridized carbons (Fsp3) is 0.588. The first-order valence-corrected chi connectivity index (χ1v) is 9.84. The Balaban J connectivity index is 0.00000364. The Morgan fingerprint density at radius 1 is 1.22 bits per heavy atom. The Morgan fingerprint density at radius 2 is 1.81 bits per heavy atom. The van der Waals surface area contributed by atoms with E-state index in [1.807, 2.05) is 35.2 Å². The van der Waals surface area contributed by atoms with E-state index in [4.69, 9.17) is 0 Å². The summed E-state index contributed by atoms with van der Waals surface area (Å²) >= 11 is 0. The van der Waals surface area contributed by atoms with Crippen molar-refractivity contribution < 1.29 is 17.4 Å². The highest BCUT2D eigenvalue weighted by atomic mass is 127. The van der Waals surface area contributed by atoms with Gasteiger partial charge in [0, 0.05) is 50.4 Å². The number of nitrogens with one attached hydrogen (secondary N) is 1. The van der Waals surface area contributed by atoms with Gasteiger partial charge in [0.15, 0.2) is 5.96 Å². The van der Waals surface area contributed by atoms with Crippen molar-refractivity contribution in [3.63, 3.8) is 0 Å². The van der Waals surface area contributed by atoms with Gasteiger partial charge in [0.25, 0.3) is 0 Å². The second kappa shape index (κ2) is 11.2. The minimum atomic E-state index is -4.20. The lowest BCUT2D eigenvalue weighted by Crippen LogP contribution is -2.57. The molecule has 0 amide bonds. The topological polar surface area (TPSA) is 47.9 Å². The van der Waals surface area contributed by atoms with Crippen LogP contribution in [0.4, 0.5) is 13.2 Å². The first kappa shape index (κ1) is 24.2. The molecule has 0 aromatic heterocycles. The molecule has 27 heavy (non-hydrogen) atoms. The third-order valence-corrected chi connectivity index (χ3v) is 5.80. The second-order valence-corrected chi connectivity index (χ2v) is 7.65. The Hall–Kier alpha value is -0.880. The Labute approximate surface area is 177 Å². The number of benzene rings is 1. The summed E-state index contributed by atoms with van der Waals surface area (Å²) < 4.78 is 50.7. The van der Waals surface area contributed by atoms with Crippen molar-refractivity contribution in [2.24, 2.45) is 4.99 Å². The Morgan fingerprint density at radius 3 is 2.33 bits per heavy atom. The lowest BCUT2D eigenvalue weighted by atomic mass is 10.2. The smallest absolute Gasteiger partial charge is 0.355 e. The molecule has 0 radical (unpaired) electrons. The summed E-state index contributed by atoms with van der Waals surface area (Å²) in [6.07, 6.45) is -4.20. The summed E-state index contributed by atoms with van der Waals surface area (Å²) in [6.45, 7) is 3.29. The van der Waals surface area contributed by atoms with E-state index in [1.54, 1.807) is 7.05 Å². The van der Waals surface area contributed by atoms with Gasteiger partial charge in [-0.3, -0.25) is 14.1 Å². The lowest BCUT2D eigenvalue weighted by molar-refractivity contribution is -0.181. The van der Waals surface area contributed by atoms with Gasteiger partial charge in [-0.05, 0) is 19.1 Å². The molecule has 1 saturated heterocycles. The molecule has 0 saturated carbocycles. The highest BCUT2D eigenvalue weighted by molar-refractivity contribution is 14.0. The molecule has 0 spiro atoms. The molecule has 0 bridgehead atoms. The zero-order chi connectivity index (χ0) is 19.2. The van der Waals surface area contributed by atoms with Crippen LogP contribution in [0.25, 0.3) is 0 Å². The van der Waals surface area contributed by atoms with E-state index in [0.29, 0.717) is 44.4 Å². The maximum atomic E-state index is 12.8.